The van der Waals surface area contributed by atoms with Gasteiger partial charge in [-0.25, -0.2) is 0 Å². The summed E-state index contributed by atoms with van der Waals surface area (Å²) in [5.41, 5.74) is 0. The summed E-state index contributed by atoms with van der Waals surface area (Å²) in [7, 11) is 0. The van der Waals surface area contributed by atoms with Crippen LogP contribution in [0.15, 0.2) is 0 Å². The van der Waals surface area contributed by atoms with Crippen LogP contribution >= 0.6 is 11.8 Å². The molecule has 0 aromatic carbocycles. The van der Waals surface area contributed by atoms with Gasteiger partial charge in [0.25, 0.3) is 0 Å². The maximum Gasteiger partial charge on any atom is 0.316 e. The minimum absolute atomic E-state index is 0.312. The Kier molecular flexibility index (Phi) is 5.77. The van der Waals surface area contributed by atoms with E-state index in [1.807, 2.05) is 0 Å². The van der Waals surface area contributed by atoms with Crippen LogP contribution in [0.4, 0.5) is 0 Å². The topological polar surface area (TPSA) is 37.3 Å². The maximum absolute atomic E-state index is 10.3. The van der Waals surface area contributed by atoms with Crippen molar-refractivity contribution >= 4 is 17.7 Å². The molecule has 0 aromatic heterocycles. The Balaban J connectivity index is 3.26. The van der Waals surface area contributed by atoms with Crippen LogP contribution in [0.5, 0.6) is 0 Å². The number of carboxylic acids is 1. The number of hydrogen-bond acceptors (Lipinski definition) is 2. The maximum atomic E-state index is 10.3. The smallest absolute Gasteiger partial charge is 0.316 e. The molecule has 0 radical (unpaired) electrons. The highest BCUT2D eigenvalue weighted by Gasteiger charge is 2.09. The lowest BCUT2D eigenvalue weighted by atomic mass is 10.4. The highest BCUT2D eigenvalue weighted by atomic mass is 32.2. The Bertz CT molecular complexity index is 160. The summed E-state index contributed by atoms with van der Waals surface area (Å²) in [6.45, 7) is 1.68. The molecule has 2 nitrogen and oxygen atoms in total. The molecule has 0 aliphatic carbocycles. The molecule has 0 spiro atoms. The van der Waals surface area contributed by atoms with Crippen LogP contribution in [0, 0.1) is 12.3 Å². The van der Waals surface area contributed by atoms with Gasteiger partial charge in [-0.05, 0) is 19.1 Å². The molecule has 11 heavy (non-hydrogen) atoms. The molecule has 0 amide bonds. The van der Waals surface area contributed by atoms with Crippen molar-refractivity contribution in [2.45, 2.75) is 25.0 Å². The molecule has 3 heteroatoms. The number of terminal acetylenes is 1. The monoisotopic (exact) mass is 172 g/mol. The van der Waals surface area contributed by atoms with Crippen molar-refractivity contribution < 1.29 is 9.90 Å². The lowest BCUT2D eigenvalue weighted by Gasteiger charge is -2.03. The molecule has 1 unspecified atom stereocenters. The van der Waals surface area contributed by atoms with Gasteiger partial charge in [-0.1, -0.05) is 0 Å². The SMILES string of the molecule is C#CCCCSC(C)C(=O)O. The number of aliphatic carboxylic acids is 1. The summed E-state index contributed by atoms with van der Waals surface area (Å²) in [4.78, 5) is 10.3. The van der Waals surface area contributed by atoms with Crippen LogP contribution in [0.25, 0.3) is 0 Å². The minimum atomic E-state index is -0.754. The Morgan fingerprint density at radius 1 is 1.82 bits per heavy atom. The van der Waals surface area contributed by atoms with Gasteiger partial charge in [0, 0.05) is 6.42 Å². The number of hydrogen-bond donors (Lipinski definition) is 1. The van der Waals surface area contributed by atoms with Crippen LogP contribution in [0.3, 0.4) is 0 Å². The molecule has 1 N–H and O–H groups in total. The molecular formula is C8H12O2S. The predicted molar refractivity (Wildman–Crippen MR) is 47.6 cm³/mol. The number of rotatable bonds is 5. The molecule has 0 rings (SSSR count). The second-order valence-corrected chi connectivity index (χ2v) is 3.61. The van der Waals surface area contributed by atoms with Gasteiger partial charge in [-0.2, -0.15) is 0 Å². The van der Waals surface area contributed by atoms with E-state index in [1.165, 1.54) is 11.8 Å². The first kappa shape index (κ1) is 10.4. The average molecular weight is 172 g/mol. The Labute approximate surface area is 71.4 Å². The molecule has 0 aromatic rings. The van der Waals surface area contributed by atoms with E-state index >= 15 is 0 Å². The normalized spacial score (nSPS) is 12.0. The van der Waals surface area contributed by atoms with E-state index in [0.29, 0.717) is 0 Å². The Hall–Kier alpha value is -0.620. The molecule has 1 atom stereocenters. The summed E-state index contributed by atoms with van der Waals surface area (Å²) in [6, 6.07) is 0. The van der Waals surface area contributed by atoms with Gasteiger partial charge in [0.2, 0.25) is 0 Å². The van der Waals surface area contributed by atoms with Crippen LogP contribution in [-0.4, -0.2) is 22.1 Å². The third kappa shape index (κ3) is 5.81. The van der Waals surface area contributed by atoms with Crippen LogP contribution in [-0.2, 0) is 4.79 Å². The molecule has 0 saturated carbocycles. The first-order valence-corrected chi connectivity index (χ1v) is 4.51. The molecule has 0 fully saturated rings. The molecule has 0 saturated heterocycles. The van der Waals surface area contributed by atoms with Crippen molar-refractivity contribution in [2.75, 3.05) is 5.75 Å². The highest BCUT2D eigenvalue weighted by molar-refractivity contribution is 8.00. The number of thioether (sulfide) groups is 1. The van der Waals surface area contributed by atoms with E-state index in [9.17, 15) is 4.79 Å². The first-order chi connectivity index (χ1) is 5.18. The summed E-state index contributed by atoms with van der Waals surface area (Å²) in [5, 5.41) is 8.17. The van der Waals surface area contributed by atoms with E-state index in [4.69, 9.17) is 11.5 Å². The van der Waals surface area contributed by atoms with Crippen molar-refractivity contribution in [1.82, 2.24) is 0 Å². The van der Waals surface area contributed by atoms with Gasteiger partial charge < -0.3 is 5.11 Å². The second-order valence-electron chi connectivity index (χ2n) is 2.16. The molecule has 0 bridgehead atoms. The van der Waals surface area contributed by atoms with Crippen molar-refractivity contribution in [2.24, 2.45) is 0 Å². The zero-order valence-corrected chi connectivity index (χ0v) is 7.36. The summed E-state index contributed by atoms with van der Waals surface area (Å²) >= 11 is 1.43. The zero-order chi connectivity index (χ0) is 8.69. The predicted octanol–water partition coefficient (Wildman–Crippen LogP) is 1.61. The van der Waals surface area contributed by atoms with Gasteiger partial charge in [0.05, 0.1) is 5.25 Å². The van der Waals surface area contributed by atoms with Crippen LogP contribution < -0.4 is 0 Å². The quantitative estimate of drug-likeness (QED) is 0.505. The number of carbonyl (C=O) groups is 1. The molecular weight excluding hydrogens is 160 g/mol. The van der Waals surface area contributed by atoms with Crippen molar-refractivity contribution in [3.63, 3.8) is 0 Å². The second kappa shape index (κ2) is 6.11. The molecule has 0 heterocycles. The van der Waals surface area contributed by atoms with E-state index < -0.39 is 5.97 Å². The number of unbranched alkanes of at least 4 members (excludes halogenated alkanes) is 1. The van der Waals surface area contributed by atoms with Gasteiger partial charge in [0.15, 0.2) is 0 Å². The minimum Gasteiger partial charge on any atom is -0.480 e. The fourth-order valence-corrected chi connectivity index (χ4v) is 1.31. The zero-order valence-electron chi connectivity index (χ0n) is 6.54. The van der Waals surface area contributed by atoms with Crippen LogP contribution in [0.2, 0.25) is 0 Å². The van der Waals surface area contributed by atoms with Gasteiger partial charge in [-0.3, -0.25) is 4.79 Å². The lowest BCUT2D eigenvalue weighted by Crippen LogP contribution is -2.11. The summed E-state index contributed by atoms with van der Waals surface area (Å²) in [5.74, 6) is 2.59. The van der Waals surface area contributed by atoms with Crippen LogP contribution in [0.1, 0.15) is 19.8 Å². The fraction of sp³-hybridized carbons (Fsp3) is 0.625. The van der Waals surface area contributed by atoms with E-state index in [1.54, 1.807) is 6.92 Å². The lowest BCUT2D eigenvalue weighted by molar-refractivity contribution is -0.136. The fourth-order valence-electron chi connectivity index (χ4n) is 0.506. The van der Waals surface area contributed by atoms with Gasteiger partial charge in [-0.15, -0.1) is 24.1 Å². The molecule has 0 aliphatic heterocycles. The third-order valence-electron chi connectivity index (χ3n) is 1.18. The Morgan fingerprint density at radius 2 is 2.45 bits per heavy atom. The van der Waals surface area contributed by atoms with E-state index in [-0.39, 0.29) is 5.25 Å². The average Bonchev–Trinajstić information content (AvgIpc) is 1.97. The summed E-state index contributed by atoms with van der Waals surface area (Å²) in [6.07, 6.45) is 6.67. The van der Waals surface area contributed by atoms with E-state index in [2.05, 4.69) is 5.92 Å². The van der Waals surface area contributed by atoms with Crippen molar-refractivity contribution in [1.29, 1.82) is 0 Å². The van der Waals surface area contributed by atoms with E-state index in [0.717, 1.165) is 18.6 Å². The Morgan fingerprint density at radius 3 is 2.91 bits per heavy atom. The van der Waals surface area contributed by atoms with Gasteiger partial charge in [0.1, 0.15) is 0 Å². The third-order valence-corrected chi connectivity index (χ3v) is 2.41. The standard InChI is InChI=1S/C8H12O2S/c1-3-4-5-6-11-7(2)8(9)10/h1,7H,4-6H2,2H3,(H,9,10). The first-order valence-electron chi connectivity index (χ1n) is 3.46. The molecule has 0 aliphatic rings. The van der Waals surface area contributed by atoms with Crippen molar-refractivity contribution in [3.05, 3.63) is 0 Å². The van der Waals surface area contributed by atoms with Crippen molar-refractivity contribution in [3.8, 4) is 12.3 Å². The molecule has 62 valence electrons. The highest BCUT2D eigenvalue weighted by Crippen LogP contribution is 2.12. The van der Waals surface area contributed by atoms with Gasteiger partial charge >= 0.3 is 5.97 Å². The largest absolute Gasteiger partial charge is 0.480 e. The summed E-state index contributed by atoms with van der Waals surface area (Å²) < 4.78 is 0. The number of carboxylic acid groups (broad SMARTS) is 1.